The van der Waals surface area contributed by atoms with E-state index in [1.54, 1.807) is 7.11 Å². The molecule has 1 aliphatic heterocycles. The van der Waals surface area contributed by atoms with Crippen molar-refractivity contribution in [1.29, 1.82) is 0 Å². The van der Waals surface area contributed by atoms with Gasteiger partial charge in [0.25, 0.3) is 0 Å². The van der Waals surface area contributed by atoms with E-state index in [4.69, 9.17) is 25.8 Å². The van der Waals surface area contributed by atoms with Crippen molar-refractivity contribution in [3.63, 3.8) is 0 Å². The molecule has 1 unspecified atom stereocenters. The van der Waals surface area contributed by atoms with E-state index in [-0.39, 0.29) is 6.04 Å². The van der Waals surface area contributed by atoms with Crippen LogP contribution in [0.3, 0.4) is 0 Å². The standard InChI is InChI=1S/C30H28ClNO3/c1-33-28-17-23-14-15-32-30(27(23)18-29(28)35-20-21-6-3-2-4-7-21)24-8-5-9-26(16-24)34-19-22-10-12-25(31)13-11-22/h2-13,16-18,30,32H,14-15,19-20H2,1H3. The van der Waals surface area contributed by atoms with Gasteiger partial charge in [-0.15, -0.1) is 0 Å². The molecular formula is C30H28ClNO3. The Bertz CT molecular complexity index is 1270. The number of halogens is 1. The molecule has 4 aromatic carbocycles. The van der Waals surface area contributed by atoms with Crippen molar-refractivity contribution in [2.24, 2.45) is 0 Å². The summed E-state index contributed by atoms with van der Waals surface area (Å²) in [4.78, 5) is 0. The third-order valence-electron chi connectivity index (χ3n) is 6.23. The van der Waals surface area contributed by atoms with Crippen molar-refractivity contribution in [2.75, 3.05) is 13.7 Å². The van der Waals surface area contributed by atoms with Gasteiger partial charge in [-0.2, -0.15) is 0 Å². The van der Waals surface area contributed by atoms with Crippen molar-refractivity contribution in [3.05, 3.63) is 124 Å². The molecule has 5 rings (SSSR count). The minimum absolute atomic E-state index is 0.0443. The Morgan fingerprint density at radius 3 is 2.37 bits per heavy atom. The first-order valence-electron chi connectivity index (χ1n) is 11.8. The van der Waals surface area contributed by atoms with Gasteiger partial charge in [0.2, 0.25) is 0 Å². The lowest BCUT2D eigenvalue weighted by atomic mass is 9.89. The molecule has 0 fully saturated rings. The molecule has 0 bridgehead atoms. The van der Waals surface area contributed by atoms with Gasteiger partial charge in [-0.1, -0.05) is 66.2 Å². The predicted octanol–water partition coefficient (Wildman–Crippen LogP) is 6.74. The highest BCUT2D eigenvalue weighted by Gasteiger charge is 2.24. The number of ether oxygens (including phenoxy) is 3. The first-order chi connectivity index (χ1) is 17.2. The van der Waals surface area contributed by atoms with E-state index in [2.05, 4.69) is 41.7 Å². The molecule has 1 heterocycles. The Morgan fingerprint density at radius 2 is 1.57 bits per heavy atom. The SMILES string of the molecule is COc1cc2c(cc1OCc1ccccc1)C(c1cccc(OCc3ccc(Cl)cc3)c1)NCC2. The van der Waals surface area contributed by atoms with Crippen molar-refractivity contribution >= 4 is 11.6 Å². The number of hydrogen-bond donors (Lipinski definition) is 1. The van der Waals surface area contributed by atoms with E-state index in [0.29, 0.717) is 13.2 Å². The second kappa shape index (κ2) is 10.9. The molecule has 1 atom stereocenters. The second-order valence-electron chi connectivity index (χ2n) is 8.60. The van der Waals surface area contributed by atoms with Crippen molar-refractivity contribution in [2.45, 2.75) is 25.7 Å². The van der Waals surface area contributed by atoms with E-state index in [1.165, 1.54) is 11.1 Å². The molecule has 0 amide bonds. The number of hydrogen-bond acceptors (Lipinski definition) is 4. The van der Waals surface area contributed by atoms with Crippen LogP contribution >= 0.6 is 11.6 Å². The van der Waals surface area contributed by atoms with Crippen LogP contribution in [0.25, 0.3) is 0 Å². The quantitative estimate of drug-likeness (QED) is 0.300. The van der Waals surface area contributed by atoms with Crippen LogP contribution in [0.15, 0.2) is 91.0 Å². The molecule has 1 N–H and O–H groups in total. The normalized spacial score (nSPS) is 14.7. The summed E-state index contributed by atoms with van der Waals surface area (Å²) in [6, 6.07) is 30.4. The summed E-state index contributed by atoms with van der Waals surface area (Å²) < 4.78 is 17.9. The van der Waals surface area contributed by atoms with Gasteiger partial charge in [0.15, 0.2) is 11.5 Å². The summed E-state index contributed by atoms with van der Waals surface area (Å²) in [7, 11) is 1.69. The summed E-state index contributed by atoms with van der Waals surface area (Å²) in [5.74, 6) is 2.35. The summed E-state index contributed by atoms with van der Waals surface area (Å²) in [6.07, 6.45) is 0.938. The van der Waals surface area contributed by atoms with Gasteiger partial charge in [-0.3, -0.25) is 0 Å². The van der Waals surface area contributed by atoms with Crippen molar-refractivity contribution < 1.29 is 14.2 Å². The first kappa shape index (κ1) is 23.3. The molecule has 1 aliphatic rings. The van der Waals surface area contributed by atoms with Crippen LogP contribution in [0.4, 0.5) is 0 Å². The topological polar surface area (TPSA) is 39.7 Å². The monoisotopic (exact) mass is 485 g/mol. The first-order valence-corrected chi connectivity index (χ1v) is 12.2. The fourth-order valence-corrected chi connectivity index (χ4v) is 4.53. The van der Waals surface area contributed by atoms with Crippen molar-refractivity contribution in [1.82, 2.24) is 5.32 Å². The molecule has 0 saturated heterocycles. The minimum atomic E-state index is 0.0443. The van der Waals surface area contributed by atoms with Gasteiger partial charge in [0.1, 0.15) is 19.0 Å². The Labute approximate surface area is 211 Å². The second-order valence-corrected chi connectivity index (χ2v) is 9.04. The van der Waals surface area contributed by atoms with Crippen LogP contribution in [-0.4, -0.2) is 13.7 Å². The molecule has 0 radical (unpaired) electrons. The van der Waals surface area contributed by atoms with Crippen LogP contribution in [-0.2, 0) is 19.6 Å². The van der Waals surface area contributed by atoms with Gasteiger partial charge in [0, 0.05) is 11.6 Å². The number of fused-ring (bicyclic) bond motifs is 1. The lowest BCUT2D eigenvalue weighted by molar-refractivity contribution is 0.283. The van der Waals surface area contributed by atoms with E-state index >= 15 is 0 Å². The lowest BCUT2D eigenvalue weighted by Gasteiger charge is -2.29. The number of rotatable bonds is 8. The van der Waals surface area contributed by atoms with E-state index in [9.17, 15) is 0 Å². The fraction of sp³-hybridized carbons (Fsp3) is 0.200. The minimum Gasteiger partial charge on any atom is -0.493 e. The Morgan fingerprint density at radius 1 is 0.800 bits per heavy atom. The maximum Gasteiger partial charge on any atom is 0.162 e. The summed E-state index contributed by atoms with van der Waals surface area (Å²) in [6.45, 7) is 1.87. The fourth-order valence-electron chi connectivity index (χ4n) is 4.40. The Hall–Kier alpha value is -3.47. The number of nitrogens with one attached hydrogen (secondary N) is 1. The summed E-state index contributed by atoms with van der Waals surface area (Å²) >= 11 is 5.99. The van der Waals surface area contributed by atoms with Gasteiger partial charge in [-0.25, -0.2) is 0 Å². The molecule has 178 valence electrons. The molecular weight excluding hydrogens is 458 g/mol. The van der Waals surface area contributed by atoms with Gasteiger partial charge < -0.3 is 19.5 Å². The van der Waals surface area contributed by atoms with Crippen LogP contribution in [0.5, 0.6) is 17.2 Å². The van der Waals surface area contributed by atoms with E-state index in [1.807, 2.05) is 54.6 Å². The number of methoxy groups -OCH3 is 1. The lowest BCUT2D eigenvalue weighted by Crippen LogP contribution is -2.30. The molecule has 4 aromatic rings. The molecule has 35 heavy (non-hydrogen) atoms. The molecule has 5 heteroatoms. The maximum atomic E-state index is 6.20. The average molecular weight is 486 g/mol. The van der Waals surface area contributed by atoms with Gasteiger partial charge >= 0.3 is 0 Å². The van der Waals surface area contributed by atoms with E-state index < -0.39 is 0 Å². The Balaban J connectivity index is 1.38. The highest BCUT2D eigenvalue weighted by Crippen LogP contribution is 2.38. The zero-order chi connectivity index (χ0) is 24.0. The van der Waals surface area contributed by atoms with Crippen LogP contribution in [0, 0.1) is 0 Å². The van der Waals surface area contributed by atoms with Crippen LogP contribution < -0.4 is 19.5 Å². The molecule has 4 nitrogen and oxygen atoms in total. The average Bonchev–Trinajstić information content (AvgIpc) is 2.91. The van der Waals surface area contributed by atoms with Crippen LogP contribution in [0.1, 0.15) is 33.9 Å². The maximum absolute atomic E-state index is 6.20. The molecule has 0 saturated carbocycles. The zero-order valence-corrected chi connectivity index (χ0v) is 20.4. The summed E-state index contributed by atoms with van der Waals surface area (Å²) in [5, 5.41) is 4.39. The van der Waals surface area contributed by atoms with Gasteiger partial charge in [0.05, 0.1) is 13.2 Å². The summed E-state index contributed by atoms with van der Waals surface area (Å²) in [5.41, 5.74) is 5.82. The largest absolute Gasteiger partial charge is 0.493 e. The molecule has 0 aliphatic carbocycles. The highest BCUT2D eigenvalue weighted by molar-refractivity contribution is 6.30. The third kappa shape index (κ3) is 5.61. The van der Waals surface area contributed by atoms with Crippen molar-refractivity contribution in [3.8, 4) is 17.2 Å². The molecule has 0 aromatic heterocycles. The smallest absolute Gasteiger partial charge is 0.162 e. The molecule has 0 spiro atoms. The predicted molar refractivity (Wildman–Crippen MR) is 140 cm³/mol. The number of benzene rings is 4. The van der Waals surface area contributed by atoms with Crippen LogP contribution in [0.2, 0.25) is 5.02 Å². The van der Waals surface area contributed by atoms with E-state index in [0.717, 1.165) is 51.9 Å². The zero-order valence-electron chi connectivity index (χ0n) is 19.7. The highest BCUT2D eigenvalue weighted by atomic mass is 35.5. The Kier molecular flexibility index (Phi) is 7.22. The third-order valence-corrected chi connectivity index (χ3v) is 6.48. The van der Waals surface area contributed by atoms with Gasteiger partial charge in [-0.05, 0) is 70.6 Å².